The van der Waals surface area contributed by atoms with Gasteiger partial charge in [-0.25, -0.2) is 0 Å². The first-order valence-corrected chi connectivity index (χ1v) is 7.15. The van der Waals surface area contributed by atoms with Crippen molar-refractivity contribution in [2.45, 2.75) is 6.42 Å². The van der Waals surface area contributed by atoms with Crippen molar-refractivity contribution in [3.8, 4) is 5.75 Å². The SMILES string of the molecule is O=C(Cc1ccc(Br)cc1)N1CCOc2ccncc21. The van der Waals surface area contributed by atoms with Crippen molar-refractivity contribution < 1.29 is 9.53 Å². The molecule has 0 bridgehead atoms. The zero-order valence-electron chi connectivity index (χ0n) is 10.8. The number of hydrogen-bond donors (Lipinski definition) is 0. The molecule has 5 heteroatoms. The van der Waals surface area contributed by atoms with Crippen LogP contribution in [0.4, 0.5) is 5.69 Å². The van der Waals surface area contributed by atoms with Gasteiger partial charge >= 0.3 is 0 Å². The minimum absolute atomic E-state index is 0.0601. The molecule has 3 rings (SSSR count). The average Bonchev–Trinajstić information content (AvgIpc) is 2.49. The van der Waals surface area contributed by atoms with Crippen LogP contribution in [0.5, 0.6) is 5.75 Å². The summed E-state index contributed by atoms with van der Waals surface area (Å²) in [6.45, 7) is 1.08. The lowest BCUT2D eigenvalue weighted by molar-refractivity contribution is -0.118. The highest BCUT2D eigenvalue weighted by Gasteiger charge is 2.23. The van der Waals surface area contributed by atoms with Crippen LogP contribution in [0.25, 0.3) is 0 Å². The van der Waals surface area contributed by atoms with E-state index >= 15 is 0 Å². The van der Waals surface area contributed by atoms with Crippen molar-refractivity contribution in [3.63, 3.8) is 0 Å². The largest absolute Gasteiger partial charge is 0.489 e. The van der Waals surface area contributed by atoms with Gasteiger partial charge in [0.1, 0.15) is 18.0 Å². The molecule has 1 aromatic carbocycles. The molecule has 4 nitrogen and oxygen atoms in total. The van der Waals surface area contributed by atoms with Crippen molar-refractivity contribution >= 4 is 27.5 Å². The number of hydrogen-bond acceptors (Lipinski definition) is 3. The first-order chi connectivity index (χ1) is 9.74. The van der Waals surface area contributed by atoms with E-state index in [2.05, 4.69) is 20.9 Å². The van der Waals surface area contributed by atoms with Crippen LogP contribution < -0.4 is 9.64 Å². The minimum atomic E-state index is 0.0601. The number of aromatic nitrogens is 1. The second kappa shape index (κ2) is 5.63. The monoisotopic (exact) mass is 332 g/mol. The number of carbonyl (C=O) groups excluding carboxylic acids is 1. The predicted octanol–water partition coefficient (Wildman–Crippen LogP) is 2.81. The quantitative estimate of drug-likeness (QED) is 0.849. The van der Waals surface area contributed by atoms with Crippen molar-refractivity contribution in [1.82, 2.24) is 4.98 Å². The molecule has 20 heavy (non-hydrogen) atoms. The molecule has 0 saturated carbocycles. The van der Waals surface area contributed by atoms with Crippen LogP contribution in [0.15, 0.2) is 47.2 Å². The third-order valence-electron chi connectivity index (χ3n) is 3.19. The molecule has 1 aromatic heterocycles. The van der Waals surface area contributed by atoms with Gasteiger partial charge in [-0.15, -0.1) is 0 Å². The van der Waals surface area contributed by atoms with E-state index in [1.165, 1.54) is 0 Å². The summed E-state index contributed by atoms with van der Waals surface area (Å²) in [6.07, 6.45) is 3.72. The molecular weight excluding hydrogens is 320 g/mol. The van der Waals surface area contributed by atoms with E-state index in [-0.39, 0.29) is 5.91 Å². The molecule has 2 aromatic rings. The van der Waals surface area contributed by atoms with Crippen molar-refractivity contribution in [2.24, 2.45) is 0 Å². The summed E-state index contributed by atoms with van der Waals surface area (Å²) in [5.74, 6) is 0.778. The van der Waals surface area contributed by atoms with E-state index in [1.54, 1.807) is 23.4 Å². The van der Waals surface area contributed by atoms with Crippen LogP contribution in [-0.2, 0) is 11.2 Å². The summed E-state index contributed by atoms with van der Waals surface area (Å²) >= 11 is 3.39. The van der Waals surface area contributed by atoms with Crippen molar-refractivity contribution in [2.75, 3.05) is 18.1 Å². The molecule has 1 aliphatic heterocycles. The molecule has 0 aliphatic carbocycles. The van der Waals surface area contributed by atoms with Gasteiger partial charge in [-0.05, 0) is 17.7 Å². The fourth-order valence-corrected chi connectivity index (χ4v) is 2.46. The van der Waals surface area contributed by atoms with Gasteiger partial charge in [0, 0.05) is 16.7 Å². The number of nitrogens with zero attached hydrogens (tertiary/aromatic N) is 2. The van der Waals surface area contributed by atoms with Crippen LogP contribution >= 0.6 is 15.9 Å². The first kappa shape index (κ1) is 13.1. The predicted molar refractivity (Wildman–Crippen MR) is 79.9 cm³/mol. The van der Waals surface area contributed by atoms with Gasteiger partial charge in [0.25, 0.3) is 0 Å². The van der Waals surface area contributed by atoms with Crippen LogP contribution in [0, 0.1) is 0 Å². The lowest BCUT2D eigenvalue weighted by atomic mass is 10.1. The van der Waals surface area contributed by atoms with Gasteiger partial charge in [-0.1, -0.05) is 28.1 Å². The third kappa shape index (κ3) is 2.67. The van der Waals surface area contributed by atoms with Crippen LogP contribution in [0.2, 0.25) is 0 Å². The maximum atomic E-state index is 12.4. The standard InChI is InChI=1S/C15H13BrN2O2/c16-12-3-1-11(2-4-12)9-15(19)18-7-8-20-14-5-6-17-10-13(14)18/h1-6,10H,7-9H2. The molecular formula is C15H13BrN2O2. The zero-order chi connectivity index (χ0) is 13.9. The minimum Gasteiger partial charge on any atom is -0.489 e. The number of fused-ring (bicyclic) bond motifs is 1. The number of rotatable bonds is 2. The Labute approximate surface area is 125 Å². The highest BCUT2D eigenvalue weighted by atomic mass is 79.9. The summed E-state index contributed by atoms with van der Waals surface area (Å²) in [6, 6.07) is 9.57. The Morgan fingerprint density at radius 3 is 2.90 bits per heavy atom. The second-order valence-electron chi connectivity index (χ2n) is 4.54. The molecule has 1 aliphatic rings. The summed E-state index contributed by atoms with van der Waals surface area (Å²) in [4.78, 5) is 18.3. The Bertz CT molecular complexity index is 628. The molecule has 0 atom stereocenters. The lowest BCUT2D eigenvalue weighted by Gasteiger charge is -2.29. The Morgan fingerprint density at radius 2 is 2.10 bits per heavy atom. The highest BCUT2D eigenvalue weighted by molar-refractivity contribution is 9.10. The Hall–Kier alpha value is -1.88. The molecule has 0 spiro atoms. The molecule has 1 amide bonds. The Kier molecular flexibility index (Phi) is 3.69. The topological polar surface area (TPSA) is 42.4 Å². The Balaban J connectivity index is 1.80. The summed E-state index contributed by atoms with van der Waals surface area (Å²) < 4.78 is 6.54. The lowest BCUT2D eigenvalue weighted by Crippen LogP contribution is -2.38. The van der Waals surface area contributed by atoms with Gasteiger partial charge in [0.2, 0.25) is 5.91 Å². The zero-order valence-corrected chi connectivity index (χ0v) is 12.3. The van der Waals surface area contributed by atoms with Gasteiger partial charge < -0.3 is 9.64 Å². The molecule has 0 fully saturated rings. The van der Waals surface area contributed by atoms with E-state index in [4.69, 9.17) is 4.74 Å². The fourth-order valence-electron chi connectivity index (χ4n) is 2.20. The average molecular weight is 333 g/mol. The molecule has 0 N–H and O–H groups in total. The molecule has 102 valence electrons. The van der Waals surface area contributed by atoms with E-state index in [1.807, 2.05) is 24.3 Å². The molecule has 0 unspecified atom stereocenters. The smallest absolute Gasteiger partial charge is 0.231 e. The van der Waals surface area contributed by atoms with Crippen LogP contribution in [0.3, 0.4) is 0 Å². The number of ether oxygens (including phenoxy) is 1. The number of anilines is 1. The highest BCUT2D eigenvalue weighted by Crippen LogP contribution is 2.30. The van der Waals surface area contributed by atoms with Crippen LogP contribution in [-0.4, -0.2) is 24.0 Å². The fraction of sp³-hybridized carbons (Fsp3) is 0.200. The number of pyridine rings is 1. The van der Waals surface area contributed by atoms with E-state index < -0.39 is 0 Å². The number of halogens is 1. The summed E-state index contributed by atoms with van der Waals surface area (Å²) in [7, 11) is 0. The first-order valence-electron chi connectivity index (χ1n) is 6.35. The normalized spacial score (nSPS) is 13.6. The van der Waals surface area contributed by atoms with E-state index in [0.717, 1.165) is 21.5 Å². The number of carbonyl (C=O) groups is 1. The summed E-state index contributed by atoms with van der Waals surface area (Å²) in [5, 5.41) is 0. The molecule has 0 radical (unpaired) electrons. The number of amides is 1. The molecule has 0 saturated heterocycles. The number of benzene rings is 1. The second-order valence-corrected chi connectivity index (χ2v) is 5.46. The summed E-state index contributed by atoms with van der Waals surface area (Å²) in [5.41, 5.74) is 1.75. The van der Waals surface area contributed by atoms with Gasteiger partial charge in [0.05, 0.1) is 19.2 Å². The molecule has 2 heterocycles. The maximum Gasteiger partial charge on any atom is 0.231 e. The van der Waals surface area contributed by atoms with Crippen molar-refractivity contribution in [1.29, 1.82) is 0 Å². The third-order valence-corrected chi connectivity index (χ3v) is 3.72. The van der Waals surface area contributed by atoms with Crippen molar-refractivity contribution in [3.05, 3.63) is 52.8 Å². The van der Waals surface area contributed by atoms with E-state index in [0.29, 0.717) is 19.6 Å². The van der Waals surface area contributed by atoms with E-state index in [9.17, 15) is 4.79 Å². The Morgan fingerprint density at radius 1 is 1.30 bits per heavy atom. The van der Waals surface area contributed by atoms with Gasteiger partial charge in [-0.2, -0.15) is 0 Å². The van der Waals surface area contributed by atoms with Gasteiger partial charge in [0.15, 0.2) is 0 Å². The maximum absolute atomic E-state index is 12.4. The van der Waals surface area contributed by atoms with Gasteiger partial charge in [-0.3, -0.25) is 9.78 Å². The van der Waals surface area contributed by atoms with Crippen LogP contribution in [0.1, 0.15) is 5.56 Å².